The Hall–Kier alpha value is 0.311. The summed E-state index contributed by atoms with van der Waals surface area (Å²) in [6.07, 6.45) is 0. The molecule has 0 spiro atoms. The summed E-state index contributed by atoms with van der Waals surface area (Å²) < 4.78 is 6.71. The van der Waals surface area contributed by atoms with Crippen LogP contribution in [0.15, 0.2) is 121 Å². The third-order valence-corrected chi connectivity index (χ3v) is 203. The average Bonchev–Trinajstić information content (AvgIpc) is 3.26. The van der Waals surface area contributed by atoms with Crippen molar-refractivity contribution < 1.29 is 0 Å². The molecule has 2 aliphatic rings. The molecule has 0 aromatic heterocycles. The molecule has 0 bridgehead atoms. The van der Waals surface area contributed by atoms with Crippen molar-refractivity contribution >= 4 is 90.9 Å². The summed E-state index contributed by atoms with van der Waals surface area (Å²) in [5, 5.41) is 0. The number of fused-ring (bicyclic) bond motifs is 1. The van der Waals surface area contributed by atoms with Crippen molar-refractivity contribution in [2.45, 2.75) is 13.1 Å². The van der Waals surface area contributed by atoms with Crippen LogP contribution in [0.1, 0.15) is 0 Å². The van der Waals surface area contributed by atoms with Crippen LogP contribution in [0.4, 0.5) is 0 Å². The predicted molar refractivity (Wildman–Crippen MR) is 169 cm³/mol. The quantitative estimate of drug-likeness (QED) is 0.246. The molecule has 2 saturated heterocycles. The van der Waals surface area contributed by atoms with Gasteiger partial charge in [0.2, 0.25) is 0 Å². The summed E-state index contributed by atoms with van der Waals surface area (Å²) >= 11 is -5.88. The van der Waals surface area contributed by atoms with Gasteiger partial charge in [0, 0.05) is 0 Å². The van der Waals surface area contributed by atoms with Gasteiger partial charge >= 0.3 is 225 Å². The molecular weight excluding hydrogens is 734 g/mol. The van der Waals surface area contributed by atoms with E-state index in [9.17, 15) is 0 Å². The van der Waals surface area contributed by atoms with Crippen molar-refractivity contribution in [2.75, 3.05) is 0 Å². The van der Waals surface area contributed by atoms with Crippen LogP contribution in [0.3, 0.4) is 0 Å². The zero-order valence-electron chi connectivity index (χ0n) is 19.2. The van der Waals surface area contributed by atoms with Crippen LogP contribution in [0.25, 0.3) is 0 Å². The van der Waals surface area contributed by atoms with Gasteiger partial charge in [-0.1, -0.05) is 0 Å². The molecule has 4 aromatic rings. The summed E-state index contributed by atoms with van der Waals surface area (Å²) in [7, 11) is 10.4. The minimum absolute atomic E-state index is 1.59. The topological polar surface area (TPSA) is 0 Å². The second kappa shape index (κ2) is 9.56. The van der Waals surface area contributed by atoms with Gasteiger partial charge in [-0.2, -0.15) is 0 Å². The van der Waals surface area contributed by atoms with Gasteiger partial charge in [0.05, 0.1) is 0 Å². The van der Waals surface area contributed by atoms with E-state index < -0.39 is 43.0 Å². The van der Waals surface area contributed by atoms with Gasteiger partial charge in [-0.05, 0) is 0 Å². The van der Waals surface area contributed by atoms with Crippen LogP contribution in [-0.2, 0) is 0 Å². The molecular formula is C26H26S4Si2Sn2. The first kappa shape index (κ1) is 24.6. The Morgan fingerprint density at radius 3 is 0.794 bits per heavy atom. The molecule has 2 aliphatic heterocycles. The fourth-order valence-electron chi connectivity index (χ4n) is 4.99. The van der Waals surface area contributed by atoms with E-state index in [1.807, 2.05) is 0 Å². The minimum atomic E-state index is -2.94. The van der Waals surface area contributed by atoms with Crippen molar-refractivity contribution in [3.05, 3.63) is 121 Å². The van der Waals surface area contributed by atoms with Crippen molar-refractivity contribution in [1.82, 2.24) is 0 Å². The SMILES string of the molecule is C[Si]12[S][Sn]([c]3ccccc3)([c]3ccccc3)[S][Si]1(C)[S][Sn]([c]1ccccc1)([c]1ccccc1)[S]2. The molecule has 0 saturated carbocycles. The van der Waals surface area contributed by atoms with E-state index in [0.29, 0.717) is 0 Å². The Kier molecular flexibility index (Phi) is 6.93. The molecule has 170 valence electrons. The molecule has 2 heterocycles. The van der Waals surface area contributed by atoms with Crippen LogP contribution < -0.4 is 14.3 Å². The number of rotatable bonds is 4. The van der Waals surface area contributed by atoms with Gasteiger partial charge < -0.3 is 0 Å². The first-order valence-electron chi connectivity index (χ1n) is 11.5. The van der Waals surface area contributed by atoms with E-state index in [1.165, 1.54) is 0 Å². The summed E-state index contributed by atoms with van der Waals surface area (Å²) in [5.41, 5.74) is 0. The van der Waals surface area contributed by atoms with Gasteiger partial charge in [-0.25, -0.2) is 0 Å². The molecule has 0 nitrogen and oxygen atoms in total. The van der Waals surface area contributed by atoms with Crippen LogP contribution in [0.2, 0.25) is 13.1 Å². The maximum atomic E-state index is 2.78. The summed E-state index contributed by atoms with van der Waals surface area (Å²) in [6.45, 7) is 5.56. The summed E-state index contributed by atoms with van der Waals surface area (Å²) in [6, 6.07) is 46.6. The fourth-order valence-corrected chi connectivity index (χ4v) is 453. The molecule has 34 heavy (non-hydrogen) atoms. The molecule has 0 atom stereocenters. The van der Waals surface area contributed by atoms with Crippen LogP contribution in [0, 0.1) is 0 Å². The normalized spacial score (nSPS) is 26.8. The Bertz CT molecular complexity index is 1100. The molecule has 6 rings (SSSR count). The average molecular weight is 760 g/mol. The standard InChI is InChI=1S/4C6H5.C2H6S4Si2.2Sn/c4*1-2-4-6-5-3-1;1-7(3,4)8(2,5)6;;/h4*1-5H;1-2H3;;/q;;;;-4;2*+2. The van der Waals surface area contributed by atoms with E-state index >= 15 is 0 Å². The second-order valence-electron chi connectivity index (χ2n) is 9.00. The summed E-state index contributed by atoms with van der Waals surface area (Å²) in [4.78, 5) is 0. The first-order chi connectivity index (χ1) is 16.5. The van der Waals surface area contributed by atoms with Crippen LogP contribution in [0.5, 0.6) is 0 Å². The molecule has 0 radical (unpaired) electrons. The van der Waals surface area contributed by atoms with Crippen molar-refractivity contribution in [2.24, 2.45) is 0 Å². The van der Waals surface area contributed by atoms with E-state index in [-0.39, 0.29) is 0 Å². The van der Waals surface area contributed by atoms with Crippen molar-refractivity contribution in [1.29, 1.82) is 0 Å². The van der Waals surface area contributed by atoms with Crippen molar-refractivity contribution in [3.63, 3.8) is 0 Å². The van der Waals surface area contributed by atoms with Gasteiger partial charge in [-0.3, -0.25) is 0 Å². The van der Waals surface area contributed by atoms with Crippen LogP contribution >= 0.6 is 33.6 Å². The second-order valence-corrected chi connectivity index (χ2v) is 92.2. The summed E-state index contributed by atoms with van der Waals surface area (Å²) in [5.74, 6) is -3.19. The molecule has 0 aliphatic carbocycles. The third kappa shape index (κ3) is 3.97. The predicted octanol–water partition coefficient (Wildman–Crippen LogP) is 5.68. The first-order valence-corrected chi connectivity index (χ1v) is 43.4. The number of hydrogen-bond donors (Lipinski definition) is 0. The van der Waals surface area contributed by atoms with E-state index in [4.69, 9.17) is 0 Å². The number of benzene rings is 4. The van der Waals surface area contributed by atoms with Crippen LogP contribution in [-0.4, -0.2) is 43.0 Å². The van der Waals surface area contributed by atoms with Gasteiger partial charge in [-0.15, -0.1) is 0 Å². The molecule has 8 heteroatoms. The van der Waals surface area contributed by atoms with E-state index in [0.717, 1.165) is 0 Å². The third-order valence-electron chi connectivity index (χ3n) is 6.79. The molecule has 2 fully saturated rings. The van der Waals surface area contributed by atoms with E-state index in [2.05, 4.69) is 168 Å². The zero-order chi connectivity index (χ0) is 23.3. The van der Waals surface area contributed by atoms with E-state index in [1.54, 1.807) is 14.3 Å². The molecule has 0 amide bonds. The zero-order valence-corrected chi connectivity index (χ0v) is 30.2. The Balaban J connectivity index is 1.51. The monoisotopic (exact) mass is 762 g/mol. The molecule has 0 unspecified atom stereocenters. The molecule has 4 aromatic carbocycles. The Morgan fingerprint density at radius 2 is 0.588 bits per heavy atom. The Morgan fingerprint density at radius 1 is 0.382 bits per heavy atom. The van der Waals surface area contributed by atoms with Gasteiger partial charge in [0.15, 0.2) is 0 Å². The number of hydrogen-bond acceptors (Lipinski definition) is 4. The molecule has 0 N–H and O–H groups in total. The van der Waals surface area contributed by atoms with Gasteiger partial charge in [0.1, 0.15) is 0 Å². The van der Waals surface area contributed by atoms with Crippen molar-refractivity contribution in [3.8, 4) is 0 Å². The fraction of sp³-hybridized carbons (Fsp3) is 0.0769. The Labute approximate surface area is 222 Å². The van der Waals surface area contributed by atoms with Gasteiger partial charge in [0.25, 0.3) is 0 Å². The maximum absolute atomic E-state index is 2.94.